The summed E-state index contributed by atoms with van der Waals surface area (Å²) in [5.74, 6) is -2.69. The molecule has 0 saturated carbocycles. The monoisotopic (exact) mass is 978 g/mol. The quantitative estimate of drug-likeness (QED) is 0.0765. The van der Waals surface area contributed by atoms with E-state index in [1.54, 1.807) is 34.7 Å². The van der Waals surface area contributed by atoms with E-state index in [1.807, 2.05) is 135 Å². The highest BCUT2D eigenvalue weighted by molar-refractivity contribution is 6.71. The van der Waals surface area contributed by atoms with Crippen molar-refractivity contribution in [3.63, 3.8) is 0 Å². The van der Waals surface area contributed by atoms with E-state index in [2.05, 4.69) is 25.0 Å². The number of likely N-dealkylation sites (N-methyl/N-ethyl adjacent to an activating group) is 3. The average Bonchev–Trinajstić information content (AvgIpc) is 3.28. The molecule has 0 saturated heterocycles. The summed E-state index contributed by atoms with van der Waals surface area (Å²) in [5, 5.41) is 2.88. The molecule has 0 bridgehead atoms. The van der Waals surface area contributed by atoms with Gasteiger partial charge in [-0.25, -0.2) is 4.79 Å². The maximum absolute atomic E-state index is 15.1. The summed E-state index contributed by atoms with van der Waals surface area (Å²) in [6.07, 6.45) is -0.306. The van der Waals surface area contributed by atoms with Crippen LogP contribution in [0.5, 0.6) is 5.75 Å². The van der Waals surface area contributed by atoms with Crippen molar-refractivity contribution in [2.24, 2.45) is 5.92 Å². The molecule has 0 radical (unpaired) electrons. The second-order valence-corrected chi connectivity index (χ2v) is 29.6. The van der Waals surface area contributed by atoms with E-state index in [0.29, 0.717) is 0 Å². The zero-order valence-corrected chi connectivity index (χ0v) is 44.9. The van der Waals surface area contributed by atoms with Crippen LogP contribution in [0, 0.1) is 5.92 Å². The van der Waals surface area contributed by atoms with Crippen LogP contribution in [0.25, 0.3) is 0 Å². The summed E-state index contributed by atoms with van der Waals surface area (Å²) in [4.78, 5) is 90.0. The Labute approximate surface area is 412 Å². The summed E-state index contributed by atoms with van der Waals surface area (Å²) in [7, 11) is 0.337. The topological polar surface area (TPSA) is 152 Å². The molecule has 1 N–H and O–H groups in total. The van der Waals surface area contributed by atoms with Gasteiger partial charge in [0.15, 0.2) is 5.78 Å². The van der Waals surface area contributed by atoms with E-state index in [1.165, 1.54) is 28.8 Å². The number of nitrogens with zero attached hydrogens (tertiary/aromatic N) is 3. The summed E-state index contributed by atoms with van der Waals surface area (Å²) >= 11 is 0. The molecular weight excluding hydrogens is 905 g/mol. The van der Waals surface area contributed by atoms with Gasteiger partial charge in [0, 0.05) is 52.7 Å². The normalized spacial score (nSPS) is 13.9. The maximum Gasteiger partial charge on any atom is 0.410 e. The largest absolute Gasteiger partial charge is 0.544 e. The van der Waals surface area contributed by atoms with Crippen molar-refractivity contribution < 1.29 is 42.4 Å². The molecule has 0 aliphatic heterocycles. The molecule has 0 fully saturated rings. The summed E-state index contributed by atoms with van der Waals surface area (Å²) in [5.41, 5.74) is 2.37. The fraction of sp³-hybridized carbons (Fsp3) is 0.444. The molecule has 372 valence electrons. The molecule has 0 aliphatic rings. The number of carbonyl (C=O) groups is 6. The number of nitrogens with one attached hydrogen (secondary N) is 1. The number of ketones is 1. The second kappa shape index (κ2) is 24.5. The minimum absolute atomic E-state index is 0.104. The van der Waals surface area contributed by atoms with Crippen LogP contribution in [0.4, 0.5) is 4.79 Å². The third-order valence-electron chi connectivity index (χ3n) is 11.4. The summed E-state index contributed by atoms with van der Waals surface area (Å²) < 4.78 is 17.7. The van der Waals surface area contributed by atoms with Crippen molar-refractivity contribution in [2.45, 2.75) is 129 Å². The average molecular weight is 979 g/mol. The minimum Gasteiger partial charge on any atom is -0.544 e. The number of hydrogen-bond donors (Lipinski definition) is 1. The Hall–Kier alpha value is -6.07. The zero-order valence-electron chi connectivity index (χ0n) is 42.9. The fourth-order valence-corrected chi connectivity index (χ4v) is 9.29. The van der Waals surface area contributed by atoms with Crippen LogP contribution in [-0.2, 0) is 58.8 Å². The summed E-state index contributed by atoms with van der Waals surface area (Å²) in [6.45, 7) is 18.8. The van der Waals surface area contributed by atoms with Crippen LogP contribution in [0.2, 0.25) is 39.3 Å². The van der Waals surface area contributed by atoms with Crippen molar-refractivity contribution in [3.8, 4) is 5.75 Å². The number of carbonyl (C=O) groups excluding carboxylic acids is 6. The summed E-state index contributed by atoms with van der Waals surface area (Å²) in [6, 6.07) is 31.1. The van der Waals surface area contributed by atoms with Crippen LogP contribution in [-0.4, -0.2) is 118 Å². The van der Waals surface area contributed by atoms with Gasteiger partial charge in [-0.3, -0.25) is 24.0 Å². The van der Waals surface area contributed by atoms with Gasteiger partial charge < -0.3 is 33.6 Å². The number of hydrogen-bond acceptors (Lipinski definition) is 9. The Morgan fingerprint density at radius 2 is 1.03 bits per heavy atom. The lowest BCUT2D eigenvalue weighted by Crippen LogP contribution is -2.57. The molecule has 0 spiro atoms. The molecule has 15 heteroatoms. The van der Waals surface area contributed by atoms with Crippen molar-refractivity contribution >= 4 is 52.2 Å². The van der Waals surface area contributed by atoms with E-state index < -0.39 is 82.1 Å². The highest BCUT2D eigenvalue weighted by atomic mass is 28.4. The third-order valence-corrected chi connectivity index (χ3v) is 13.1. The van der Waals surface area contributed by atoms with Gasteiger partial charge >= 0.3 is 12.1 Å². The van der Waals surface area contributed by atoms with Gasteiger partial charge in [0.25, 0.3) is 0 Å². The van der Waals surface area contributed by atoms with Crippen LogP contribution in [0.15, 0.2) is 115 Å². The Kier molecular flexibility index (Phi) is 19.7. The molecule has 0 aromatic heterocycles. The highest BCUT2D eigenvalue weighted by Gasteiger charge is 2.39. The molecule has 0 unspecified atom stereocenters. The lowest BCUT2D eigenvalue weighted by Gasteiger charge is -2.36. The van der Waals surface area contributed by atoms with Crippen molar-refractivity contribution in [2.75, 3.05) is 21.1 Å². The molecule has 5 atom stereocenters. The molecule has 4 rings (SSSR count). The molecule has 0 aliphatic carbocycles. The molecule has 69 heavy (non-hydrogen) atoms. The van der Waals surface area contributed by atoms with Crippen molar-refractivity contribution in [1.29, 1.82) is 0 Å². The van der Waals surface area contributed by atoms with Gasteiger partial charge in [-0.1, -0.05) is 103 Å². The highest BCUT2D eigenvalue weighted by Crippen LogP contribution is 2.24. The number of amides is 4. The van der Waals surface area contributed by atoms with Crippen LogP contribution < -0.4 is 9.74 Å². The lowest BCUT2D eigenvalue weighted by molar-refractivity contribution is -0.150. The van der Waals surface area contributed by atoms with Gasteiger partial charge in [-0.05, 0) is 108 Å². The molecule has 4 aromatic carbocycles. The van der Waals surface area contributed by atoms with Gasteiger partial charge in [0.05, 0.1) is 6.04 Å². The number of Topliss-reactive ketones (excluding diaryl/α,β-unsaturated/α-hetero) is 1. The Morgan fingerprint density at radius 1 is 0.565 bits per heavy atom. The first-order valence-electron chi connectivity index (χ1n) is 23.7. The Morgan fingerprint density at radius 3 is 1.49 bits per heavy atom. The van der Waals surface area contributed by atoms with Crippen molar-refractivity contribution in [3.05, 3.63) is 138 Å². The number of benzene rings is 4. The van der Waals surface area contributed by atoms with E-state index >= 15 is 4.79 Å². The standard InChI is InChI=1S/C54H74N4O9Si2/c1-38(49(60)55-45(52(63)67-69(11,12)13)34-42-29-31-44(32-30-42)66-68(8,9)10)56(5)51(62)47(36-41-27-21-16-22-28-41)57(6)50(61)43(33-39-23-17-14-18-24-39)37-48(59)46(35-40-25-19-15-20-26-40)58(7)53(64)65-54(2,3)4/h14-32,38,43,45-47H,33-37H2,1-13H3,(H,55,60)/t38-,43+,45-,46-,47-/m0/s1. The first-order chi connectivity index (χ1) is 32.2. The fourth-order valence-electron chi connectivity index (χ4n) is 7.70. The van der Waals surface area contributed by atoms with Gasteiger partial charge in [-0.2, -0.15) is 0 Å². The van der Waals surface area contributed by atoms with E-state index in [4.69, 9.17) is 13.6 Å². The van der Waals surface area contributed by atoms with Crippen molar-refractivity contribution in [1.82, 2.24) is 20.0 Å². The van der Waals surface area contributed by atoms with Crippen LogP contribution >= 0.6 is 0 Å². The van der Waals surface area contributed by atoms with E-state index in [-0.39, 0.29) is 37.9 Å². The van der Waals surface area contributed by atoms with Crippen LogP contribution in [0.3, 0.4) is 0 Å². The Balaban J connectivity index is 1.66. The predicted octanol–water partition coefficient (Wildman–Crippen LogP) is 8.52. The third kappa shape index (κ3) is 18.1. The SMILES string of the molecule is C[C@@H](C(=O)N[C@@H](Cc1ccc(O[Si](C)(C)C)cc1)C(=O)O[Si](C)(C)C)N(C)C(=O)[C@H](Cc1ccccc1)N(C)C(=O)[C@@H](CC(=O)[C@H](Cc1ccccc1)N(C)C(=O)OC(C)(C)C)Cc1ccccc1. The first-order valence-corrected chi connectivity index (χ1v) is 30.5. The van der Waals surface area contributed by atoms with E-state index in [0.717, 1.165) is 28.0 Å². The Bertz CT molecular complexity index is 2330. The molecule has 13 nitrogen and oxygen atoms in total. The first kappa shape index (κ1) is 55.5. The molecule has 0 heterocycles. The zero-order chi connectivity index (χ0) is 51.3. The van der Waals surface area contributed by atoms with Gasteiger partial charge in [0.2, 0.25) is 34.4 Å². The predicted molar refractivity (Wildman–Crippen MR) is 276 cm³/mol. The maximum atomic E-state index is 15.1. The number of rotatable bonds is 22. The van der Waals surface area contributed by atoms with E-state index in [9.17, 15) is 24.0 Å². The smallest absolute Gasteiger partial charge is 0.410 e. The van der Waals surface area contributed by atoms with Crippen LogP contribution in [0.1, 0.15) is 56.4 Å². The molecular formula is C54H74N4O9Si2. The van der Waals surface area contributed by atoms with Gasteiger partial charge in [-0.15, -0.1) is 0 Å². The second-order valence-electron chi connectivity index (χ2n) is 20.8. The number of ether oxygens (including phenoxy) is 1. The lowest BCUT2D eigenvalue weighted by atomic mass is 9.88. The van der Waals surface area contributed by atoms with Gasteiger partial charge in [0.1, 0.15) is 29.5 Å². The minimum atomic E-state index is -2.38. The molecule has 4 amide bonds. The molecule has 4 aromatic rings.